The molecule has 0 aliphatic rings. The van der Waals surface area contributed by atoms with Crippen molar-refractivity contribution in [1.82, 2.24) is 0 Å². The van der Waals surface area contributed by atoms with Gasteiger partial charge in [0.15, 0.2) is 0 Å². The molecular formula is C17H22O3. The molecule has 0 N–H and O–H groups in total. The van der Waals surface area contributed by atoms with Gasteiger partial charge in [-0.2, -0.15) is 0 Å². The maximum absolute atomic E-state index is 11.1. The fraction of sp³-hybridized carbons (Fsp3) is 0.353. The lowest BCUT2D eigenvalue weighted by molar-refractivity contribution is -0.137. The van der Waals surface area contributed by atoms with Crippen molar-refractivity contribution in [2.45, 2.75) is 26.4 Å². The highest BCUT2D eigenvalue weighted by Crippen LogP contribution is 2.07. The number of carbonyl (C=O) groups is 1. The smallest absolute Gasteiger partial charge is 0.330 e. The van der Waals surface area contributed by atoms with E-state index in [4.69, 9.17) is 9.47 Å². The number of hydrogen-bond donors (Lipinski definition) is 0. The van der Waals surface area contributed by atoms with Crippen molar-refractivity contribution >= 4 is 5.97 Å². The fourth-order valence-corrected chi connectivity index (χ4v) is 1.60. The number of allylic oxidation sites excluding steroid dienone is 1. The second kappa shape index (κ2) is 9.98. The first-order chi connectivity index (χ1) is 9.72. The fourth-order valence-electron chi connectivity index (χ4n) is 1.60. The number of carbonyl (C=O) groups excluding carboxylic acids is 1. The van der Waals surface area contributed by atoms with Gasteiger partial charge in [0.25, 0.3) is 0 Å². The predicted molar refractivity (Wildman–Crippen MR) is 80.2 cm³/mol. The van der Waals surface area contributed by atoms with Crippen molar-refractivity contribution in [2.75, 3.05) is 13.2 Å². The molecule has 1 aromatic carbocycles. The van der Waals surface area contributed by atoms with Gasteiger partial charge < -0.3 is 9.47 Å². The van der Waals surface area contributed by atoms with E-state index in [0.29, 0.717) is 26.2 Å². The Morgan fingerprint density at radius 3 is 2.75 bits per heavy atom. The third-order valence-corrected chi connectivity index (χ3v) is 2.66. The largest absolute Gasteiger partial charge is 0.463 e. The van der Waals surface area contributed by atoms with Crippen LogP contribution in [0, 0.1) is 0 Å². The average molecular weight is 274 g/mol. The molecule has 3 nitrogen and oxygen atoms in total. The van der Waals surface area contributed by atoms with Crippen LogP contribution in [-0.4, -0.2) is 19.2 Å². The van der Waals surface area contributed by atoms with Gasteiger partial charge in [-0.15, -0.1) is 0 Å². The summed E-state index contributed by atoms with van der Waals surface area (Å²) in [5.41, 5.74) is 2.21. The van der Waals surface area contributed by atoms with Gasteiger partial charge in [-0.3, -0.25) is 0 Å². The normalized spacial score (nSPS) is 10.7. The summed E-state index contributed by atoms with van der Waals surface area (Å²) in [5, 5.41) is 0. The Bertz CT molecular complexity index is 435. The van der Waals surface area contributed by atoms with Crippen LogP contribution < -0.4 is 0 Å². The molecule has 0 saturated carbocycles. The maximum atomic E-state index is 11.1. The minimum absolute atomic E-state index is 0.305. The average Bonchev–Trinajstić information content (AvgIpc) is 2.45. The zero-order valence-corrected chi connectivity index (χ0v) is 12.0. The summed E-state index contributed by atoms with van der Waals surface area (Å²) in [5.74, 6) is -0.305. The Hall–Kier alpha value is -1.87. The first kappa shape index (κ1) is 16.2. The van der Waals surface area contributed by atoms with Crippen molar-refractivity contribution in [3.63, 3.8) is 0 Å². The molecule has 3 heteroatoms. The minimum atomic E-state index is -0.305. The van der Waals surface area contributed by atoms with Crippen molar-refractivity contribution in [2.24, 2.45) is 0 Å². The van der Waals surface area contributed by atoms with E-state index >= 15 is 0 Å². The number of benzene rings is 1. The SMILES string of the molecule is C=C(C/C=C/C(=O)OCC)CCOCc1ccccc1. The molecule has 1 rings (SSSR count). The lowest BCUT2D eigenvalue weighted by Gasteiger charge is -2.05. The van der Waals surface area contributed by atoms with Crippen LogP contribution in [0.3, 0.4) is 0 Å². The van der Waals surface area contributed by atoms with Gasteiger partial charge in [0.1, 0.15) is 0 Å². The molecule has 0 bridgehead atoms. The second-order valence-electron chi connectivity index (χ2n) is 4.40. The Morgan fingerprint density at radius 1 is 1.30 bits per heavy atom. The molecule has 20 heavy (non-hydrogen) atoms. The van der Waals surface area contributed by atoms with Crippen LogP contribution in [-0.2, 0) is 20.9 Å². The highest BCUT2D eigenvalue weighted by Gasteiger charge is 1.96. The van der Waals surface area contributed by atoms with Gasteiger partial charge in [0, 0.05) is 6.08 Å². The summed E-state index contributed by atoms with van der Waals surface area (Å²) < 4.78 is 10.4. The summed E-state index contributed by atoms with van der Waals surface area (Å²) in [7, 11) is 0. The standard InChI is InChI=1S/C17H22O3/c1-3-20-17(18)11-7-8-15(2)12-13-19-14-16-9-5-4-6-10-16/h4-7,9-11H,2-3,8,12-14H2,1H3/b11-7+. The monoisotopic (exact) mass is 274 g/mol. The van der Waals surface area contributed by atoms with Gasteiger partial charge in [0.2, 0.25) is 0 Å². The molecule has 0 spiro atoms. The number of rotatable bonds is 9. The van der Waals surface area contributed by atoms with E-state index in [0.717, 1.165) is 12.0 Å². The lowest BCUT2D eigenvalue weighted by Crippen LogP contribution is -1.99. The third kappa shape index (κ3) is 7.54. The van der Waals surface area contributed by atoms with Crippen LogP contribution in [0.5, 0.6) is 0 Å². The molecule has 0 unspecified atom stereocenters. The Labute approximate surface area is 120 Å². The summed E-state index contributed by atoms with van der Waals surface area (Å²) >= 11 is 0. The highest BCUT2D eigenvalue weighted by atomic mass is 16.5. The van der Waals surface area contributed by atoms with E-state index in [1.165, 1.54) is 11.6 Å². The molecule has 0 aliphatic heterocycles. The molecule has 1 aromatic rings. The molecule has 0 heterocycles. The second-order valence-corrected chi connectivity index (χ2v) is 4.40. The van der Waals surface area contributed by atoms with Crippen LogP contribution in [0.15, 0.2) is 54.6 Å². The zero-order valence-electron chi connectivity index (χ0n) is 12.0. The highest BCUT2D eigenvalue weighted by molar-refractivity contribution is 5.81. The number of esters is 1. The molecule has 0 fully saturated rings. The van der Waals surface area contributed by atoms with Crippen LogP contribution in [0.4, 0.5) is 0 Å². The molecule has 0 radical (unpaired) electrons. The van der Waals surface area contributed by atoms with Gasteiger partial charge in [-0.25, -0.2) is 4.79 Å². The third-order valence-electron chi connectivity index (χ3n) is 2.66. The topological polar surface area (TPSA) is 35.5 Å². The van der Waals surface area contributed by atoms with E-state index in [9.17, 15) is 4.79 Å². The van der Waals surface area contributed by atoms with Gasteiger partial charge in [-0.1, -0.05) is 48.6 Å². The molecule has 0 aromatic heterocycles. The van der Waals surface area contributed by atoms with Gasteiger partial charge in [0.05, 0.1) is 19.8 Å². The molecular weight excluding hydrogens is 252 g/mol. The van der Waals surface area contributed by atoms with Crippen molar-refractivity contribution < 1.29 is 14.3 Å². The molecule has 0 atom stereocenters. The summed E-state index contributed by atoms with van der Waals surface area (Å²) in [6.45, 7) is 7.40. The zero-order chi connectivity index (χ0) is 14.6. The van der Waals surface area contributed by atoms with E-state index in [2.05, 4.69) is 6.58 Å². The Kier molecular flexibility index (Phi) is 8.08. The van der Waals surface area contributed by atoms with Gasteiger partial charge >= 0.3 is 5.97 Å². The van der Waals surface area contributed by atoms with Crippen LogP contribution in [0.1, 0.15) is 25.3 Å². The summed E-state index contributed by atoms with van der Waals surface area (Å²) in [4.78, 5) is 11.1. The lowest BCUT2D eigenvalue weighted by atomic mass is 10.1. The van der Waals surface area contributed by atoms with Crippen molar-refractivity contribution in [1.29, 1.82) is 0 Å². The number of hydrogen-bond acceptors (Lipinski definition) is 3. The molecule has 0 amide bonds. The van der Waals surface area contributed by atoms with E-state index in [-0.39, 0.29) is 5.97 Å². The number of ether oxygens (including phenoxy) is 2. The molecule has 0 aliphatic carbocycles. The van der Waals surface area contributed by atoms with Gasteiger partial charge in [-0.05, 0) is 25.3 Å². The molecule has 0 saturated heterocycles. The van der Waals surface area contributed by atoms with Crippen LogP contribution in [0.2, 0.25) is 0 Å². The summed E-state index contributed by atoms with van der Waals surface area (Å²) in [6.07, 6.45) is 4.69. The maximum Gasteiger partial charge on any atom is 0.330 e. The predicted octanol–water partition coefficient (Wildman–Crippen LogP) is 3.66. The van der Waals surface area contributed by atoms with Crippen LogP contribution in [0.25, 0.3) is 0 Å². The Balaban J connectivity index is 2.10. The quantitative estimate of drug-likeness (QED) is 0.298. The van der Waals surface area contributed by atoms with E-state index in [1.54, 1.807) is 13.0 Å². The first-order valence-electron chi connectivity index (χ1n) is 6.84. The van der Waals surface area contributed by atoms with Crippen molar-refractivity contribution in [3.8, 4) is 0 Å². The van der Waals surface area contributed by atoms with Crippen molar-refractivity contribution in [3.05, 3.63) is 60.2 Å². The van der Waals surface area contributed by atoms with E-state index in [1.807, 2.05) is 30.3 Å². The Morgan fingerprint density at radius 2 is 2.05 bits per heavy atom. The summed E-state index contributed by atoms with van der Waals surface area (Å²) in [6, 6.07) is 10.1. The van der Waals surface area contributed by atoms with E-state index < -0.39 is 0 Å². The minimum Gasteiger partial charge on any atom is -0.463 e. The van der Waals surface area contributed by atoms with Crippen LogP contribution >= 0.6 is 0 Å². The molecule has 108 valence electrons. The first-order valence-corrected chi connectivity index (χ1v) is 6.84.